The van der Waals surface area contributed by atoms with E-state index in [2.05, 4.69) is 28.1 Å². The Bertz CT molecular complexity index is 1100. The lowest BCUT2D eigenvalue weighted by atomic mass is 9.84. The Hall–Kier alpha value is -2.67. The maximum atomic E-state index is 12.8. The highest BCUT2D eigenvalue weighted by molar-refractivity contribution is 9.10. The molecule has 0 saturated carbocycles. The number of esters is 1. The molecule has 1 saturated heterocycles. The van der Waals surface area contributed by atoms with Gasteiger partial charge in [-0.1, -0.05) is 34.1 Å². The second kappa shape index (κ2) is 9.29. The number of nitrogens with zero attached hydrogens (tertiary/aromatic N) is 1. The van der Waals surface area contributed by atoms with Crippen LogP contribution in [0, 0.1) is 0 Å². The first-order valence-corrected chi connectivity index (χ1v) is 12.0. The molecule has 1 heterocycles. The number of benzene rings is 2. The summed E-state index contributed by atoms with van der Waals surface area (Å²) in [6, 6.07) is 11.2. The fourth-order valence-corrected chi connectivity index (χ4v) is 4.81. The summed E-state index contributed by atoms with van der Waals surface area (Å²) in [6.07, 6.45) is 2.43. The van der Waals surface area contributed by atoms with Gasteiger partial charge in [0.2, 0.25) is 0 Å². The van der Waals surface area contributed by atoms with Gasteiger partial charge in [0.15, 0.2) is 12.4 Å². The van der Waals surface area contributed by atoms with Crippen molar-refractivity contribution in [2.45, 2.75) is 58.1 Å². The molecule has 1 aliphatic heterocycles. The summed E-state index contributed by atoms with van der Waals surface area (Å²) in [5.74, 6) is -0.821. The van der Waals surface area contributed by atoms with Crippen LogP contribution in [0.4, 0.5) is 4.79 Å². The van der Waals surface area contributed by atoms with Crippen LogP contribution in [0.3, 0.4) is 0 Å². The second-order valence-electron chi connectivity index (χ2n) is 9.54. The summed E-state index contributed by atoms with van der Waals surface area (Å²) in [5, 5.41) is 0. The van der Waals surface area contributed by atoms with Crippen LogP contribution in [0.15, 0.2) is 40.9 Å². The smallest absolute Gasteiger partial charge is 0.411 e. The van der Waals surface area contributed by atoms with Crippen molar-refractivity contribution in [1.82, 2.24) is 4.90 Å². The predicted octanol–water partition coefficient (Wildman–Crippen LogP) is 5.34. The molecule has 1 atom stereocenters. The molecular formula is C26H28BrNO5. The van der Waals surface area contributed by atoms with Gasteiger partial charge in [0.1, 0.15) is 11.6 Å². The lowest BCUT2D eigenvalue weighted by Crippen LogP contribution is -2.44. The van der Waals surface area contributed by atoms with E-state index in [4.69, 9.17) is 9.47 Å². The molecule has 4 rings (SSSR count). The molecule has 0 N–H and O–H groups in total. The number of Topliss-reactive ketones (excluding diaryl/α,β-unsaturated/α-hetero) is 1. The number of halogens is 1. The Morgan fingerprint density at radius 3 is 2.39 bits per heavy atom. The Balaban J connectivity index is 1.40. The lowest BCUT2D eigenvalue weighted by molar-refractivity contribution is -0.147. The maximum Gasteiger partial charge on any atom is 0.411 e. The number of aryl methyl sites for hydroxylation is 2. The van der Waals surface area contributed by atoms with E-state index in [1.54, 1.807) is 26.8 Å². The van der Waals surface area contributed by atoms with Crippen molar-refractivity contribution in [2.24, 2.45) is 0 Å². The summed E-state index contributed by atoms with van der Waals surface area (Å²) in [5.41, 5.74) is 4.61. The number of hydrogen-bond donors (Lipinski definition) is 0. The Kier molecular flexibility index (Phi) is 6.61. The molecule has 174 valence electrons. The van der Waals surface area contributed by atoms with E-state index in [-0.39, 0.29) is 12.4 Å². The average molecular weight is 514 g/mol. The van der Waals surface area contributed by atoms with Gasteiger partial charge in [-0.25, -0.2) is 9.59 Å². The van der Waals surface area contributed by atoms with Gasteiger partial charge in [0, 0.05) is 16.6 Å². The molecule has 0 aromatic heterocycles. The fourth-order valence-electron chi connectivity index (χ4n) is 4.41. The van der Waals surface area contributed by atoms with Crippen LogP contribution in [-0.4, -0.2) is 47.5 Å². The third kappa shape index (κ3) is 5.29. The van der Waals surface area contributed by atoms with E-state index >= 15 is 0 Å². The van der Waals surface area contributed by atoms with Crippen LogP contribution >= 0.6 is 15.9 Å². The zero-order valence-electron chi connectivity index (χ0n) is 19.2. The van der Waals surface area contributed by atoms with E-state index in [9.17, 15) is 14.4 Å². The molecule has 2 aromatic carbocycles. The minimum atomic E-state index is -0.716. The molecule has 0 spiro atoms. The fraction of sp³-hybridized carbons (Fsp3) is 0.423. The Morgan fingerprint density at radius 1 is 1.03 bits per heavy atom. The van der Waals surface area contributed by atoms with Crippen LogP contribution in [0.1, 0.15) is 55.1 Å². The number of fused-ring (bicyclic) bond motifs is 3. The molecule has 1 amide bonds. The van der Waals surface area contributed by atoms with Crippen molar-refractivity contribution >= 4 is 33.8 Å². The first-order chi connectivity index (χ1) is 15.6. The molecular weight excluding hydrogens is 486 g/mol. The number of rotatable bonds is 4. The van der Waals surface area contributed by atoms with Gasteiger partial charge in [0.25, 0.3) is 0 Å². The lowest BCUT2D eigenvalue weighted by Gasteiger charge is -2.27. The van der Waals surface area contributed by atoms with E-state index in [1.165, 1.54) is 16.0 Å². The topological polar surface area (TPSA) is 72.9 Å². The SMILES string of the molecule is CC(C)(C)OC(=O)N1CCC[C@H]1C(=O)OCC(=O)c1ccc2c(c1)CCc1cc(Br)ccc1-2. The second-order valence-corrected chi connectivity index (χ2v) is 10.5. The quantitative estimate of drug-likeness (QED) is 0.407. The first kappa shape index (κ1) is 23.5. The number of likely N-dealkylation sites (tertiary alicyclic amines) is 1. The summed E-state index contributed by atoms with van der Waals surface area (Å²) in [4.78, 5) is 39.2. The molecule has 1 aliphatic carbocycles. The molecule has 1 fully saturated rings. The van der Waals surface area contributed by atoms with Crippen molar-refractivity contribution in [3.8, 4) is 11.1 Å². The summed E-state index contributed by atoms with van der Waals surface area (Å²) >= 11 is 3.52. The number of carbonyl (C=O) groups excluding carboxylic acids is 3. The van der Waals surface area contributed by atoms with Crippen LogP contribution in [0.5, 0.6) is 0 Å². The van der Waals surface area contributed by atoms with E-state index in [1.807, 2.05) is 18.2 Å². The van der Waals surface area contributed by atoms with E-state index < -0.39 is 23.7 Å². The van der Waals surface area contributed by atoms with Crippen molar-refractivity contribution in [1.29, 1.82) is 0 Å². The van der Waals surface area contributed by atoms with Crippen molar-refractivity contribution in [3.63, 3.8) is 0 Å². The van der Waals surface area contributed by atoms with Crippen molar-refractivity contribution in [2.75, 3.05) is 13.2 Å². The molecule has 0 radical (unpaired) electrons. The van der Waals surface area contributed by atoms with Crippen molar-refractivity contribution in [3.05, 3.63) is 57.6 Å². The standard InChI is InChI=1S/C26H28BrNO5/c1-26(2,3)33-25(31)28-12-4-5-22(28)24(30)32-15-23(29)18-8-10-20-16(13-18)6-7-17-14-19(27)9-11-21(17)20/h8-11,13-14,22H,4-7,12,15H2,1-3H3/t22-/m0/s1. The Morgan fingerprint density at radius 2 is 1.70 bits per heavy atom. The molecule has 0 bridgehead atoms. The highest BCUT2D eigenvalue weighted by Crippen LogP contribution is 2.35. The van der Waals surface area contributed by atoms with Crippen LogP contribution in [0.2, 0.25) is 0 Å². The summed E-state index contributed by atoms with van der Waals surface area (Å²) < 4.78 is 11.8. The van der Waals surface area contributed by atoms with Gasteiger partial charge >= 0.3 is 12.1 Å². The highest BCUT2D eigenvalue weighted by Gasteiger charge is 2.37. The zero-order valence-corrected chi connectivity index (χ0v) is 20.7. The van der Waals surface area contributed by atoms with Gasteiger partial charge in [0.05, 0.1) is 0 Å². The van der Waals surface area contributed by atoms with Gasteiger partial charge in [-0.3, -0.25) is 9.69 Å². The Labute approximate surface area is 202 Å². The summed E-state index contributed by atoms with van der Waals surface area (Å²) in [7, 11) is 0. The maximum absolute atomic E-state index is 12.8. The normalized spacial score (nSPS) is 17.2. The monoisotopic (exact) mass is 513 g/mol. The number of carbonyl (C=O) groups is 3. The van der Waals surface area contributed by atoms with Crippen LogP contribution in [-0.2, 0) is 27.1 Å². The van der Waals surface area contributed by atoms with Gasteiger partial charge in [-0.2, -0.15) is 0 Å². The van der Waals surface area contributed by atoms with Crippen LogP contribution in [0.25, 0.3) is 11.1 Å². The van der Waals surface area contributed by atoms with Gasteiger partial charge < -0.3 is 9.47 Å². The van der Waals surface area contributed by atoms with Gasteiger partial charge in [-0.15, -0.1) is 0 Å². The summed E-state index contributed by atoms with van der Waals surface area (Å²) in [6.45, 7) is 5.43. The van der Waals surface area contributed by atoms with E-state index in [0.717, 1.165) is 28.4 Å². The molecule has 6 nitrogen and oxygen atoms in total. The predicted molar refractivity (Wildman–Crippen MR) is 128 cm³/mol. The highest BCUT2D eigenvalue weighted by atomic mass is 79.9. The van der Waals surface area contributed by atoms with Crippen LogP contribution < -0.4 is 0 Å². The zero-order chi connectivity index (χ0) is 23.8. The molecule has 2 aliphatic rings. The average Bonchev–Trinajstić information content (AvgIpc) is 3.25. The molecule has 0 unspecified atom stereocenters. The molecule has 2 aromatic rings. The molecule has 33 heavy (non-hydrogen) atoms. The number of ketones is 1. The number of ether oxygens (including phenoxy) is 2. The number of amides is 1. The minimum Gasteiger partial charge on any atom is -0.456 e. The number of hydrogen-bond acceptors (Lipinski definition) is 5. The largest absolute Gasteiger partial charge is 0.456 e. The van der Waals surface area contributed by atoms with Gasteiger partial charge in [-0.05, 0) is 86.9 Å². The third-order valence-electron chi connectivity index (χ3n) is 5.95. The first-order valence-electron chi connectivity index (χ1n) is 11.2. The van der Waals surface area contributed by atoms with Crippen molar-refractivity contribution < 1.29 is 23.9 Å². The third-order valence-corrected chi connectivity index (χ3v) is 6.44. The minimum absolute atomic E-state index is 0.255. The molecule has 7 heteroatoms. The van der Waals surface area contributed by atoms with E-state index in [0.29, 0.717) is 24.9 Å².